The Morgan fingerprint density at radius 3 is 2.95 bits per heavy atom. The molecule has 104 valence electrons. The van der Waals surface area contributed by atoms with E-state index in [0.29, 0.717) is 11.6 Å². The number of aromatic nitrogens is 2. The number of rotatable bonds is 3. The fourth-order valence-electron chi connectivity index (χ4n) is 2.56. The van der Waals surface area contributed by atoms with Gasteiger partial charge in [0.2, 0.25) is 5.75 Å². The van der Waals surface area contributed by atoms with E-state index in [1.165, 1.54) is 24.6 Å². The van der Waals surface area contributed by atoms with Crippen molar-refractivity contribution in [2.24, 2.45) is 0 Å². The zero-order chi connectivity index (χ0) is 13.9. The van der Waals surface area contributed by atoms with Gasteiger partial charge >= 0.3 is 0 Å². The Balaban J connectivity index is 1.91. The lowest BCUT2D eigenvalue weighted by molar-refractivity contribution is 0.167. The number of hydrogen-bond donors (Lipinski definition) is 0. The summed E-state index contributed by atoms with van der Waals surface area (Å²) in [5.41, 5.74) is 2.55. The van der Waals surface area contributed by atoms with Crippen molar-refractivity contribution in [3.05, 3.63) is 46.9 Å². The fourth-order valence-corrected chi connectivity index (χ4v) is 2.76. The van der Waals surface area contributed by atoms with Gasteiger partial charge in [0.1, 0.15) is 12.4 Å². The minimum Gasteiger partial charge on any atom is -0.489 e. The molecule has 20 heavy (non-hydrogen) atoms. The molecule has 1 aliphatic carbocycles. The highest BCUT2D eigenvalue weighted by atomic mass is 35.5. The smallest absolute Gasteiger partial charge is 0.262 e. The van der Waals surface area contributed by atoms with E-state index < -0.39 is 0 Å². The van der Waals surface area contributed by atoms with Gasteiger partial charge in [0.05, 0.1) is 7.11 Å². The van der Waals surface area contributed by atoms with Crippen molar-refractivity contribution in [1.82, 2.24) is 9.97 Å². The zero-order valence-electron chi connectivity index (χ0n) is 11.2. The molecule has 2 aromatic rings. The fraction of sp³-hybridized carbons (Fsp3) is 0.333. The van der Waals surface area contributed by atoms with Crippen LogP contribution in [0, 0.1) is 0 Å². The Kier molecular flexibility index (Phi) is 3.74. The van der Waals surface area contributed by atoms with Crippen LogP contribution in [0.4, 0.5) is 0 Å². The van der Waals surface area contributed by atoms with Gasteiger partial charge < -0.3 is 9.47 Å². The predicted octanol–water partition coefficient (Wildman–Crippen LogP) is 3.60. The first-order valence-electron chi connectivity index (χ1n) is 6.58. The van der Waals surface area contributed by atoms with E-state index in [-0.39, 0.29) is 11.3 Å². The average Bonchev–Trinajstić information content (AvgIpc) is 2.48. The zero-order valence-corrected chi connectivity index (χ0v) is 11.9. The summed E-state index contributed by atoms with van der Waals surface area (Å²) in [5.74, 6) is 0.784. The Labute approximate surface area is 122 Å². The summed E-state index contributed by atoms with van der Waals surface area (Å²) in [6.07, 6.45) is 4.52. The highest BCUT2D eigenvalue weighted by Gasteiger charge is 2.24. The number of ether oxygens (including phenoxy) is 2. The first-order valence-corrected chi connectivity index (χ1v) is 6.96. The number of nitrogens with zero attached hydrogens (tertiary/aromatic N) is 2. The second kappa shape index (κ2) is 5.67. The topological polar surface area (TPSA) is 44.2 Å². The molecule has 0 aliphatic heterocycles. The largest absolute Gasteiger partial charge is 0.489 e. The average molecular weight is 291 g/mol. The summed E-state index contributed by atoms with van der Waals surface area (Å²) in [7, 11) is 1.53. The molecule has 1 atom stereocenters. The molecule has 4 nitrogen and oxygen atoms in total. The van der Waals surface area contributed by atoms with Crippen molar-refractivity contribution in [2.45, 2.75) is 25.4 Å². The molecule has 0 radical (unpaired) electrons. The van der Waals surface area contributed by atoms with Crippen molar-refractivity contribution < 1.29 is 9.47 Å². The molecule has 1 aromatic heterocycles. The van der Waals surface area contributed by atoms with Gasteiger partial charge in [0.25, 0.3) is 5.88 Å². The van der Waals surface area contributed by atoms with E-state index in [2.05, 4.69) is 28.2 Å². The minimum atomic E-state index is -0.0141. The van der Waals surface area contributed by atoms with Gasteiger partial charge in [-0.1, -0.05) is 35.9 Å². The molecule has 0 N–H and O–H groups in total. The van der Waals surface area contributed by atoms with Crippen molar-refractivity contribution in [3.8, 4) is 11.6 Å². The maximum atomic E-state index is 6.02. The van der Waals surface area contributed by atoms with Crippen LogP contribution in [-0.4, -0.2) is 17.1 Å². The molecule has 1 heterocycles. The minimum absolute atomic E-state index is 0.0141. The van der Waals surface area contributed by atoms with E-state index in [1.54, 1.807) is 0 Å². The van der Waals surface area contributed by atoms with Crippen LogP contribution >= 0.6 is 11.6 Å². The van der Waals surface area contributed by atoms with Gasteiger partial charge in [-0.3, -0.25) is 0 Å². The lowest BCUT2D eigenvalue weighted by Gasteiger charge is -2.26. The first kappa shape index (κ1) is 13.2. The van der Waals surface area contributed by atoms with Gasteiger partial charge in [0, 0.05) is 0 Å². The monoisotopic (exact) mass is 290 g/mol. The molecule has 0 spiro atoms. The van der Waals surface area contributed by atoms with Crippen molar-refractivity contribution in [1.29, 1.82) is 0 Å². The lowest BCUT2D eigenvalue weighted by Crippen LogP contribution is -2.16. The maximum Gasteiger partial charge on any atom is 0.262 e. The number of halogens is 1. The molecule has 3 rings (SSSR count). The molecule has 1 aliphatic rings. The standard InChI is InChI=1S/C15H15ClN2O2/c1-19-13-14(16)17-9-18-15(13)20-12-8-4-6-10-5-2-3-7-11(10)12/h2-3,5,7,9,12H,4,6,8H2,1H3. The third kappa shape index (κ3) is 2.43. The lowest BCUT2D eigenvalue weighted by atomic mass is 9.89. The second-order valence-corrected chi connectivity index (χ2v) is 5.06. The van der Waals surface area contributed by atoms with E-state index >= 15 is 0 Å². The predicted molar refractivity (Wildman–Crippen MR) is 76.3 cm³/mol. The van der Waals surface area contributed by atoms with Crippen LogP contribution in [-0.2, 0) is 6.42 Å². The quantitative estimate of drug-likeness (QED) is 0.810. The molecule has 5 heteroatoms. The number of benzene rings is 1. The van der Waals surface area contributed by atoms with Gasteiger partial charge in [-0.25, -0.2) is 4.98 Å². The van der Waals surface area contributed by atoms with Crippen LogP contribution in [0.5, 0.6) is 11.6 Å². The summed E-state index contributed by atoms with van der Waals surface area (Å²) in [6, 6.07) is 8.34. The van der Waals surface area contributed by atoms with Crippen molar-refractivity contribution in [3.63, 3.8) is 0 Å². The molecular formula is C15H15ClN2O2. The van der Waals surface area contributed by atoms with Crippen LogP contribution < -0.4 is 9.47 Å². The van der Waals surface area contributed by atoms with Gasteiger partial charge in [-0.2, -0.15) is 4.98 Å². The normalized spacial score (nSPS) is 17.4. The van der Waals surface area contributed by atoms with E-state index in [9.17, 15) is 0 Å². The molecule has 0 amide bonds. The first-order chi connectivity index (χ1) is 9.79. The molecule has 1 aromatic carbocycles. The molecule has 1 unspecified atom stereocenters. The summed E-state index contributed by atoms with van der Waals surface area (Å²) >= 11 is 5.99. The summed E-state index contributed by atoms with van der Waals surface area (Å²) in [6.45, 7) is 0. The summed E-state index contributed by atoms with van der Waals surface area (Å²) < 4.78 is 11.2. The number of aryl methyl sites for hydroxylation is 1. The third-order valence-corrected chi connectivity index (χ3v) is 3.77. The number of fused-ring (bicyclic) bond motifs is 1. The number of methoxy groups -OCH3 is 1. The van der Waals surface area contributed by atoms with Crippen LogP contribution in [0.2, 0.25) is 5.15 Å². The SMILES string of the molecule is COc1c(Cl)ncnc1OC1CCCc2ccccc21. The highest BCUT2D eigenvalue weighted by Crippen LogP contribution is 2.37. The van der Waals surface area contributed by atoms with E-state index in [4.69, 9.17) is 21.1 Å². The van der Waals surface area contributed by atoms with Crippen LogP contribution in [0.1, 0.15) is 30.1 Å². The number of hydrogen-bond acceptors (Lipinski definition) is 4. The molecule has 0 saturated carbocycles. The molecular weight excluding hydrogens is 276 g/mol. The second-order valence-electron chi connectivity index (χ2n) is 4.70. The third-order valence-electron chi connectivity index (χ3n) is 3.50. The van der Waals surface area contributed by atoms with Gasteiger partial charge in [0.15, 0.2) is 5.15 Å². The van der Waals surface area contributed by atoms with Crippen LogP contribution in [0.3, 0.4) is 0 Å². The van der Waals surface area contributed by atoms with Gasteiger partial charge in [-0.05, 0) is 30.4 Å². The Hall–Kier alpha value is -1.81. The highest BCUT2D eigenvalue weighted by molar-refractivity contribution is 6.31. The summed E-state index contributed by atoms with van der Waals surface area (Å²) in [5, 5.41) is 0.265. The molecule has 0 fully saturated rings. The van der Waals surface area contributed by atoms with Crippen molar-refractivity contribution >= 4 is 11.6 Å². The maximum absolute atomic E-state index is 6.02. The van der Waals surface area contributed by atoms with Gasteiger partial charge in [-0.15, -0.1) is 0 Å². The van der Waals surface area contributed by atoms with Crippen LogP contribution in [0.15, 0.2) is 30.6 Å². The van der Waals surface area contributed by atoms with Crippen molar-refractivity contribution in [2.75, 3.05) is 7.11 Å². The summed E-state index contributed by atoms with van der Waals surface area (Å²) in [4.78, 5) is 8.03. The Bertz CT molecular complexity index is 619. The van der Waals surface area contributed by atoms with Crippen LogP contribution in [0.25, 0.3) is 0 Å². The molecule has 0 bridgehead atoms. The Morgan fingerprint density at radius 2 is 2.10 bits per heavy atom. The Morgan fingerprint density at radius 1 is 1.25 bits per heavy atom. The molecule has 0 saturated heterocycles. The van der Waals surface area contributed by atoms with E-state index in [0.717, 1.165) is 19.3 Å². The van der Waals surface area contributed by atoms with E-state index in [1.807, 2.05) is 6.07 Å².